The Bertz CT molecular complexity index is 473. The summed E-state index contributed by atoms with van der Waals surface area (Å²) in [4.78, 5) is 13.0. The van der Waals surface area contributed by atoms with Crippen LogP contribution in [0.3, 0.4) is 0 Å². The molecule has 1 aromatic rings. The molecule has 1 aromatic heterocycles. The fourth-order valence-corrected chi connectivity index (χ4v) is 1.63. The molecule has 8 heteroatoms. The van der Waals surface area contributed by atoms with Crippen molar-refractivity contribution in [2.75, 3.05) is 0 Å². The third-order valence-electron chi connectivity index (χ3n) is 1.73. The highest BCUT2D eigenvalue weighted by atomic mass is 127. The first-order valence-corrected chi connectivity index (χ1v) is 5.04. The Morgan fingerprint density at radius 2 is 2.31 bits per heavy atom. The molecule has 0 unspecified atom stereocenters. The summed E-state index contributed by atoms with van der Waals surface area (Å²) in [5, 5.41) is 18.9. The van der Waals surface area contributed by atoms with Crippen molar-refractivity contribution >= 4 is 28.4 Å². The smallest absolute Gasteiger partial charge is 0.358 e. The molecule has 0 aromatic carbocycles. The summed E-state index contributed by atoms with van der Waals surface area (Å²) in [5.41, 5.74) is -0.486. The predicted octanol–water partition coefficient (Wildman–Crippen LogP) is 2.60. The van der Waals surface area contributed by atoms with Gasteiger partial charge in [0.25, 0.3) is 6.43 Å². The lowest BCUT2D eigenvalue weighted by atomic mass is 10.1. The Morgan fingerprint density at radius 3 is 2.75 bits per heavy atom. The molecule has 1 heterocycles. The highest BCUT2D eigenvalue weighted by molar-refractivity contribution is 14.1. The fourth-order valence-electron chi connectivity index (χ4n) is 1.06. The zero-order chi connectivity index (χ0) is 12.3. The second-order valence-electron chi connectivity index (χ2n) is 2.74. The molecule has 0 atom stereocenters. The second-order valence-corrected chi connectivity index (χ2v) is 3.77. The van der Waals surface area contributed by atoms with Crippen LogP contribution in [-0.4, -0.2) is 9.91 Å². The maximum absolute atomic E-state index is 12.5. The zero-order valence-electron chi connectivity index (χ0n) is 7.65. The lowest BCUT2D eigenvalue weighted by molar-refractivity contribution is -0.391. The van der Waals surface area contributed by atoms with Gasteiger partial charge >= 0.3 is 5.82 Å². The van der Waals surface area contributed by atoms with Crippen molar-refractivity contribution < 1.29 is 13.7 Å². The van der Waals surface area contributed by atoms with E-state index >= 15 is 0 Å². The van der Waals surface area contributed by atoms with Gasteiger partial charge in [-0.2, -0.15) is 5.26 Å². The molecule has 0 radical (unpaired) electrons. The van der Waals surface area contributed by atoms with Crippen molar-refractivity contribution in [2.24, 2.45) is 0 Å². The average molecular weight is 339 g/mol. The molecule has 0 spiro atoms. The molecule has 0 saturated heterocycles. The van der Waals surface area contributed by atoms with Gasteiger partial charge in [-0.3, -0.25) is 0 Å². The Labute approximate surface area is 102 Å². The van der Waals surface area contributed by atoms with Crippen LogP contribution in [-0.2, 0) is 6.42 Å². The third-order valence-corrected chi connectivity index (χ3v) is 2.67. The highest BCUT2D eigenvalue weighted by Crippen LogP contribution is 2.29. The molecule has 1 rings (SSSR count). The first kappa shape index (κ1) is 12.7. The molecule has 5 nitrogen and oxygen atoms in total. The van der Waals surface area contributed by atoms with Gasteiger partial charge in [-0.25, -0.2) is 8.78 Å². The minimum atomic E-state index is -2.98. The SMILES string of the molecule is N#CCc1cc(C(F)F)c([N+](=O)[O-])nc1I. The molecule has 0 fully saturated rings. The van der Waals surface area contributed by atoms with Gasteiger partial charge in [-0.1, -0.05) is 0 Å². The summed E-state index contributed by atoms with van der Waals surface area (Å²) in [6.45, 7) is 0. The van der Waals surface area contributed by atoms with Gasteiger partial charge in [-0.15, -0.1) is 0 Å². The van der Waals surface area contributed by atoms with Gasteiger partial charge in [0.05, 0.1) is 12.5 Å². The number of nitrogens with zero attached hydrogens (tertiary/aromatic N) is 3. The van der Waals surface area contributed by atoms with Crippen LogP contribution >= 0.6 is 22.6 Å². The van der Waals surface area contributed by atoms with E-state index in [0.29, 0.717) is 0 Å². The van der Waals surface area contributed by atoms with E-state index in [1.165, 1.54) is 0 Å². The van der Waals surface area contributed by atoms with Crippen molar-refractivity contribution in [3.05, 3.63) is 31.0 Å². The Kier molecular flexibility index (Phi) is 4.05. The van der Waals surface area contributed by atoms with Gasteiger partial charge in [0.2, 0.25) is 3.70 Å². The van der Waals surface area contributed by atoms with Crippen molar-refractivity contribution in [3.63, 3.8) is 0 Å². The molecule has 0 bridgehead atoms. The maximum Gasteiger partial charge on any atom is 0.373 e. The Hall–Kier alpha value is -1.37. The van der Waals surface area contributed by atoms with E-state index in [-0.39, 0.29) is 15.7 Å². The number of halogens is 3. The van der Waals surface area contributed by atoms with Crippen LogP contribution in [0.15, 0.2) is 6.07 Å². The molecule has 0 amide bonds. The number of alkyl halides is 2. The predicted molar refractivity (Wildman–Crippen MR) is 57.9 cm³/mol. The lowest BCUT2D eigenvalue weighted by Crippen LogP contribution is -2.03. The third kappa shape index (κ3) is 2.60. The van der Waals surface area contributed by atoms with Crippen LogP contribution < -0.4 is 0 Å². The quantitative estimate of drug-likeness (QED) is 0.367. The number of nitro groups is 1. The number of rotatable bonds is 3. The normalized spacial score (nSPS) is 10.2. The molecule has 0 aliphatic carbocycles. The largest absolute Gasteiger partial charge is 0.373 e. The molecule has 0 N–H and O–H groups in total. The molecule has 0 aliphatic heterocycles. The van der Waals surface area contributed by atoms with Crippen molar-refractivity contribution in [1.29, 1.82) is 5.26 Å². The van der Waals surface area contributed by atoms with Gasteiger partial charge in [0, 0.05) is 28.2 Å². The fraction of sp³-hybridized carbons (Fsp3) is 0.250. The molecule has 0 saturated carbocycles. The molecule has 0 aliphatic rings. The number of hydrogen-bond acceptors (Lipinski definition) is 4. The van der Waals surface area contributed by atoms with Crippen LogP contribution in [0, 0.1) is 25.1 Å². The monoisotopic (exact) mass is 339 g/mol. The highest BCUT2D eigenvalue weighted by Gasteiger charge is 2.26. The van der Waals surface area contributed by atoms with E-state index in [1.807, 2.05) is 0 Å². The van der Waals surface area contributed by atoms with Crippen LogP contribution in [0.1, 0.15) is 17.6 Å². The van der Waals surface area contributed by atoms with E-state index in [0.717, 1.165) is 6.07 Å². The van der Waals surface area contributed by atoms with E-state index in [4.69, 9.17) is 5.26 Å². The summed E-state index contributed by atoms with van der Waals surface area (Å²) in [7, 11) is 0. The van der Waals surface area contributed by atoms with Gasteiger partial charge in [-0.05, 0) is 16.0 Å². The first-order valence-electron chi connectivity index (χ1n) is 3.96. The van der Waals surface area contributed by atoms with E-state index in [1.54, 1.807) is 28.7 Å². The number of aromatic nitrogens is 1. The van der Waals surface area contributed by atoms with Crippen LogP contribution in [0.4, 0.5) is 14.6 Å². The van der Waals surface area contributed by atoms with Crippen molar-refractivity contribution in [2.45, 2.75) is 12.8 Å². The minimum Gasteiger partial charge on any atom is -0.358 e. The van der Waals surface area contributed by atoms with E-state index in [2.05, 4.69) is 4.98 Å². The van der Waals surface area contributed by atoms with E-state index in [9.17, 15) is 18.9 Å². The molecule has 84 valence electrons. The summed E-state index contributed by atoms with van der Waals surface area (Å²) < 4.78 is 25.2. The average Bonchev–Trinajstić information content (AvgIpc) is 2.20. The van der Waals surface area contributed by atoms with E-state index < -0.39 is 22.7 Å². The molecular weight excluding hydrogens is 335 g/mol. The number of nitriles is 1. The van der Waals surface area contributed by atoms with Crippen molar-refractivity contribution in [3.8, 4) is 6.07 Å². The summed E-state index contributed by atoms with van der Waals surface area (Å²) in [5.74, 6) is -0.860. The Balaban J connectivity index is 3.38. The number of hydrogen-bond donors (Lipinski definition) is 0. The summed E-state index contributed by atoms with van der Waals surface area (Å²) >= 11 is 1.67. The lowest BCUT2D eigenvalue weighted by Gasteiger charge is -2.03. The maximum atomic E-state index is 12.5. The molecule has 16 heavy (non-hydrogen) atoms. The number of pyridine rings is 1. The Morgan fingerprint density at radius 1 is 1.69 bits per heavy atom. The molecular formula is C8H4F2IN3O2. The zero-order valence-corrected chi connectivity index (χ0v) is 9.81. The van der Waals surface area contributed by atoms with Gasteiger partial charge in [0.1, 0.15) is 5.56 Å². The van der Waals surface area contributed by atoms with Gasteiger partial charge < -0.3 is 10.1 Å². The first-order chi connectivity index (χ1) is 7.47. The second kappa shape index (κ2) is 5.11. The minimum absolute atomic E-state index is 0.108. The van der Waals surface area contributed by atoms with Crippen LogP contribution in [0.2, 0.25) is 0 Å². The van der Waals surface area contributed by atoms with Gasteiger partial charge in [0.15, 0.2) is 0 Å². The van der Waals surface area contributed by atoms with Crippen LogP contribution in [0.5, 0.6) is 0 Å². The topological polar surface area (TPSA) is 79.8 Å². The summed E-state index contributed by atoms with van der Waals surface area (Å²) in [6, 6.07) is 2.74. The van der Waals surface area contributed by atoms with Crippen molar-refractivity contribution in [1.82, 2.24) is 4.98 Å². The summed E-state index contributed by atoms with van der Waals surface area (Å²) in [6.07, 6.45) is -3.09. The standard InChI is InChI=1S/C8H4F2IN3O2/c9-6(10)5-3-4(1-2-12)7(11)13-8(5)14(15)16/h3,6H,1H2. The van der Waals surface area contributed by atoms with Crippen LogP contribution in [0.25, 0.3) is 0 Å².